The van der Waals surface area contributed by atoms with Gasteiger partial charge in [-0.05, 0) is 34.3 Å². The molecule has 1 aromatic heterocycles. The van der Waals surface area contributed by atoms with Crippen molar-refractivity contribution in [3.8, 4) is 0 Å². The minimum Gasteiger partial charge on any atom is -0.388 e. The number of rotatable bonds is 3. The zero-order valence-electron chi connectivity index (χ0n) is 11.1. The highest BCUT2D eigenvalue weighted by Gasteiger charge is 2.49. The molecule has 0 aliphatic carbocycles. The number of ether oxygens (including phenoxy) is 2. The van der Waals surface area contributed by atoms with Gasteiger partial charge in [0.1, 0.15) is 24.4 Å². The van der Waals surface area contributed by atoms with Gasteiger partial charge in [-0.15, -0.1) is 5.10 Å². The van der Waals surface area contributed by atoms with Gasteiger partial charge in [0.15, 0.2) is 0 Å². The SMILES string of the molecule is O[C@@H]1CO[C@H]2[C@@H]1OC[C@@H]2n1nnnc1Sc1ccccc1. The topological polar surface area (TPSA) is 82.3 Å². The van der Waals surface area contributed by atoms with Crippen molar-refractivity contribution >= 4 is 11.8 Å². The maximum atomic E-state index is 9.80. The third-order valence-electron chi connectivity index (χ3n) is 3.73. The van der Waals surface area contributed by atoms with Crippen LogP contribution in [0.25, 0.3) is 0 Å². The van der Waals surface area contributed by atoms with Gasteiger partial charge < -0.3 is 14.6 Å². The highest BCUT2D eigenvalue weighted by atomic mass is 32.2. The molecule has 8 heteroatoms. The first-order valence-corrected chi connectivity index (χ1v) is 7.56. The lowest BCUT2D eigenvalue weighted by atomic mass is 10.1. The monoisotopic (exact) mass is 306 g/mol. The van der Waals surface area contributed by atoms with Crippen LogP contribution in [0, 0.1) is 0 Å². The Morgan fingerprint density at radius 1 is 1.14 bits per heavy atom. The van der Waals surface area contributed by atoms with E-state index in [1.54, 1.807) is 4.68 Å². The van der Waals surface area contributed by atoms with E-state index in [9.17, 15) is 5.11 Å². The van der Waals surface area contributed by atoms with Crippen LogP contribution in [-0.4, -0.2) is 56.8 Å². The van der Waals surface area contributed by atoms with Crippen LogP contribution in [0.5, 0.6) is 0 Å². The van der Waals surface area contributed by atoms with E-state index in [2.05, 4.69) is 15.5 Å². The smallest absolute Gasteiger partial charge is 0.214 e. The summed E-state index contributed by atoms with van der Waals surface area (Å²) in [4.78, 5) is 1.07. The predicted molar refractivity (Wildman–Crippen MR) is 72.9 cm³/mol. The van der Waals surface area contributed by atoms with Crippen LogP contribution in [0.1, 0.15) is 6.04 Å². The molecule has 1 aromatic carbocycles. The lowest BCUT2D eigenvalue weighted by Crippen LogP contribution is -2.30. The van der Waals surface area contributed by atoms with Crippen molar-refractivity contribution in [1.29, 1.82) is 0 Å². The van der Waals surface area contributed by atoms with Gasteiger partial charge in [-0.1, -0.05) is 18.2 Å². The molecule has 4 rings (SSSR count). The van der Waals surface area contributed by atoms with Crippen molar-refractivity contribution in [3.63, 3.8) is 0 Å². The molecule has 2 saturated heterocycles. The lowest BCUT2D eigenvalue weighted by Gasteiger charge is -2.16. The Morgan fingerprint density at radius 3 is 2.81 bits per heavy atom. The molecular weight excluding hydrogens is 292 g/mol. The zero-order chi connectivity index (χ0) is 14.2. The van der Waals surface area contributed by atoms with Gasteiger partial charge >= 0.3 is 0 Å². The Kier molecular flexibility index (Phi) is 3.38. The summed E-state index contributed by atoms with van der Waals surface area (Å²) in [6, 6.07) is 9.83. The second kappa shape index (κ2) is 5.38. The molecule has 2 aromatic rings. The number of aliphatic hydroxyl groups excluding tert-OH is 1. The second-order valence-electron chi connectivity index (χ2n) is 5.05. The van der Waals surface area contributed by atoms with Crippen LogP contribution in [-0.2, 0) is 9.47 Å². The molecule has 0 amide bonds. The number of tetrazole rings is 1. The Balaban J connectivity index is 1.58. The van der Waals surface area contributed by atoms with E-state index in [1.165, 1.54) is 11.8 Å². The van der Waals surface area contributed by atoms with E-state index >= 15 is 0 Å². The highest BCUT2D eigenvalue weighted by Crippen LogP contribution is 2.36. The Hall–Kier alpha value is -1.48. The van der Waals surface area contributed by atoms with Crippen molar-refractivity contribution < 1.29 is 14.6 Å². The average Bonchev–Trinajstić information content (AvgIpc) is 3.19. The number of aromatic nitrogens is 4. The molecule has 0 saturated carbocycles. The van der Waals surface area contributed by atoms with Crippen molar-refractivity contribution in [2.24, 2.45) is 0 Å². The van der Waals surface area contributed by atoms with Crippen molar-refractivity contribution in [2.75, 3.05) is 13.2 Å². The van der Waals surface area contributed by atoms with Crippen molar-refractivity contribution in [3.05, 3.63) is 30.3 Å². The van der Waals surface area contributed by atoms with E-state index in [4.69, 9.17) is 9.47 Å². The molecule has 21 heavy (non-hydrogen) atoms. The summed E-state index contributed by atoms with van der Waals surface area (Å²) < 4.78 is 13.0. The number of hydrogen-bond donors (Lipinski definition) is 1. The van der Waals surface area contributed by atoms with E-state index in [0.717, 1.165) is 4.90 Å². The fraction of sp³-hybridized carbons (Fsp3) is 0.462. The van der Waals surface area contributed by atoms with Crippen LogP contribution in [0.15, 0.2) is 40.4 Å². The molecular formula is C13H14N4O3S. The molecule has 1 N–H and O–H groups in total. The van der Waals surface area contributed by atoms with E-state index in [-0.39, 0.29) is 18.2 Å². The molecule has 0 unspecified atom stereocenters. The summed E-state index contributed by atoms with van der Waals surface area (Å²) in [5.74, 6) is 0. The van der Waals surface area contributed by atoms with E-state index < -0.39 is 6.10 Å². The van der Waals surface area contributed by atoms with Crippen molar-refractivity contribution in [1.82, 2.24) is 20.2 Å². The van der Waals surface area contributed by atoms with Crippen LogP contribution in [0.2, 0.25) is 0 Å². The van der Waals surface area contributed by atoms with Gasteiger partial charge in [0.2, 0.25) is 5.16 Å². The lowest BCUT2D eigenvalue weighted by molar-refractivity contribution is 0.0167. The minimum absolute atomic E-state index is 0.103. The Bertz CT molecular complexity index is 623. The average molecular weight is 306 g/mol. The standard InChI is InChI=1S/C13H14N4O3S/c18-10-7-20-11-9(6-19-12(10)11)17-13(14-15-16-17)21-8-4-2-1-3-5-8/h1-5,9-12,18H,6-7H2/t9-,10+,11+,12+/m0/s1. The van der Waals surface area contributed by atoms with Gasteiger partial charge in [-0.25, -0.2) is 4.68 Å². The molecule has 4 atom stereocenters. The van der Waals surface area contributed by atoms with Gasteiger partial charge in [0.25, 0.3) is 0 Å². The van der Waals surface area contributed by atoms with Gasteiger partial charge in [-0.3, -0.25) is 0 Å². The van der Waals surface area contributed by atoms with Crippen LogP contribution < -0.4 is 0 Å². The normalized spacial score (nSPS) is 31.5. The molecule has 3 heterocycles. The number of nitrogens with zero attached hydrogens (tertiary/aromatic N) is 4. The predicted octanol–water partition coefficient (Wildman–Crippen LogP) is 0.524. The molecule has 2 fully saturated rings. The summed E-state index contributed by atoms with van der Waals surface area (Å²) >= 11 is 1.50. The largest absolute Gasteiger partial charge is 0.388 e. The summed E-state index contributed by atoms with van der Waals surface area (Å²) in [7, 11) is 0. The fourth-order valence-electron chi connectivity index (χ4n) is 2.72. The number of benzene rings is 1. The van der Waals surface area contributed by atoms with Crippen molar-refractivity contribution in [2.45, 2.75) is 34.4 Å². The molecule has 0 spiro atoms. The first-order valence-electron chi connectivity index (χ1n) is 6.75. The third-order valence-corrected chi connectivity index (χ3v) is 4.69. The summed E-state index contributed by atoms with van der Waals surface area (Å²) in [6.07, 6.45) is -1.05. The Morgan fingerprint density at radius 2 is 1.95 bits per heavy atom. The van der Waals surface area contributed by atoms with E-state index in [0.29, 0.717) is 18.4 Å². The highest BCUT2D eigenvalue weighted by molar-refractivity contribution is 7.99. The van der Waals surface area contributed by atoms with Gasteiger partial charge in [0, 0.05) is 4.90 Å². The zero-order valence-corrected chi connectivity index (χ0v) is 11.9. The minimum atomic E-state index is -0.568. The molecule has 7 nitrogen and oxygen atoms in total. The maximum absolute atomic E-state index is 9.80. The molecule has 2 aliphatic rings. The van der Waals surface area contributed by atoms with E-state index in [1.807, 2.05) is 30.3 Å². The Labute approximate surface area is 125 Å². The maximum Gasteiger partial charge on any atom is 0.214 e. The number of fused-ring (bicyclic) bond motifs is 1. The quantitative estimate of drug-likeness (QED) is 0.885. The second-order valence-corrected chi connectivity index (χ2v) is 6.09. The van der Waals surface area contributed by atoms with Gasteiger partial charge in [-0.2, -0.15) is 0 Å². The fourth-order valence-corrected chi connectivity index (χ4v) is 3.57. The molecule has 110 valence electrons. The molecule has 0 radical (unpaired) electrons. The third kappa shape index (κ3) is 2.34. The van der Waals surface area contributed by atoms with Crippen LogP contribution in [0.3, 0.4) is 0 Å². The number of hydrogen-bond acceptors (Lipinski definition) is 7. The van der Waals surface area contributed by atoms with Crippen LogP contribution in [0.4, 0.5) is 0 Å². The van der Waals surface area contributed by atoms with Crippen LogP contribution >= 0.6 is 11.8 Å². The first kappa shape index (κ1) is 13.2. The summed E-state index contributed by atoms with van der Waals surface area (Å²) in [5.41, 5.74) is 0. The molecule has 0 bridgehead atoms. The summed E-state index contributed by atoms with van der Waals surface area (Å²) in [5, 5.41) is 22.4. The number of aliphatic hydroxyl groups is 1. The molecule has 2 aliphatic heterocycles. The first-order chi connectivity index (χ1) is 10.3. The summed E-state index contributed by atoms with van der Waals surface area (Å²) in [6.45, 7) is 0.745. The van der Waals surface area contributed by atoms with Gasteiger partial charge in [0.05, 0.1) is 13.2 Å².